The molecule has 0 radical (unpaired) electrons. The lowest BCUT2D eigenvalue weighted by molar-refractivity contribution is -0.384. The monoisotopic (exact) mass is 527 g/mol. The third kappa shape index (κ3) is 4.28. The highest BCUT2D eigenvalue weighted by Gasteiger charge is 2.42. The van der Waals surface area contributed by atoms with Crippen LogP contribution in [-0.4, -0.2) is 26.7 Å². The number of anilines is 1. The molecule has 0 bridgehead atoms. The van der Waals surface area contributed by atoms with Gasteiger partial charge in [0, 0.05) is 35.4 Å². The van der Waals surface area contributed by atoms with Crippen LogP contribution >= 0.6 is 12.2 Å². The molecule has 3 heterocycles. The van der Waals surface area contributed by atoms with Crippen LogP contribution in [0.4, 0.5) is 11.4 Å². The number of non-ortho nitro benzene ring substituents is 1. The van der Waals surface area contributed by atoms with Gasteiger partial charge in [-0.05, 0) is 93.0 Å². The van der Waals surface area contributed by atoms with Gasteiger partial charge in [0.2, 0.25) is 0 Å². The number of nitrogens with one attached hydrogen (secondary N) is 1. The van der Waals surface area contributed by atoms with Crippen molar-refractivity contribution in [1.82, 2.24) is 14.9 Å². The molecule has 1 fully saturated rings. The molecule has 5 rings (SSSR count). The smallest absolute Gasteiger partial charge is 0.271 e. The number of nitrogens with zero attached hydrogens (tertiary/aromatic N) is 4. The minimum Gasteiger partial charge on any atom is -0.495 e. The van der Waals surface area contributed by atoms with E-state index in [1.807, 2.05) is 36.6 Å². The fourth-order valence-electron chi connectivity index (χ4n) is 5.25. The van der Waals surface area contributed by atoms with Crippen LogP contribution in [0, 0.1) is 37.8 Å². The Hall–Kier alpha value is -4.24. The van der Waals surface area contributed by atoms with Crippen molar-refractivity contribution in [3.05, 3.63) is 111 Å². The number of nitro groups is 1. The molecule has 1 aliphatic rings. The molecular formula is C29H29N5O3S. The number of aryl methyl sites for hydroxylation is 3. The quantitative estimate of drug-likeness (QED) is 0.182. The molecule has 1 saturated heterocycles. The third-order valence-electron chi connectivity index (χ3n) is 7.27. The van der Waals surface area contributed by atoms with Gasteiger partial charge in [-0.15, -0.1) is 0 Å². The molecule has 0 spiro atoms. The number of rotatable bonds is 6. The summed E-state index contributed by atoms with van der Waals surface area (Å²) in [4.78, 5) is 18.0. The van der Waals surface area contributed by atoms with Gasteiger partial charge in [0.25, 0.3) is 5.69 Å². The number of hydrogen-bond acceptors (Lipinski definition) is 5. The molecule has 38 heavy (non-hydrogen) atoms. The summed E-state index contributed by atoms with van der Waals surface area (Å²) in [7, 11) is 1.57. The topological polar surface area (TPSA) is 85.5 Å². The van der Waals surface area contributed by atoms with E-state index < -0.39 is 4.92 Å². The predicted molar refractivity (Wildman–Crippen MR) is 152 cm³/mol. The molecule has 0 saturated carbocycles. The SMILES string of the molecule is COc1ccc([N+](=O)[O-])cc1-n1c(C)cc([C@H]2[C@@H](c3ccccn3)NC(=S)N2c2ccc(C)c(C)c2)c1C. The Morgan fingerprint density at radius 1 is 1.03 bits per heavy atom. The van der Waals surface area contributed by atoms with Crippen molar-refractivity contribution in [3.8, 4) is 11.4 Å². The van der Waals surface area contributed by atoms with E-state index in [1.165, 1.54) is 17.2 Å². The first-order valence-electron chi connectivity index (χ1n) is 12.3. The van der Waals surface area contributed by atoms with Crippen molar-refractivity contribution in [2.24, 2.45) is 0 Å². The normalized spacial score (nSPS) is 17.0. The molecule has 9 heteroatoms. The van der Waals surface area contributed by atoms with E-state index in [1.54, 1.807) is 25.4 Å². The second kappa shape index (κ2) is 9.90. The zero-order valence-corrected chi connectivity index (χ0v) is 22.7. The van der Waals surface area contributed by atoms with Gasteiger partial charge in [0.1, 0.15) is 5.75 Å². The first-order valence-corrected chi connectivity index (χ1v) is 12.7. The van der Waals surface area contributed by atoms with Gasteiger partial charge in [0.05, 0.1) is 35.5 Å². The summed E-state index contributed by atoms with van der Waals surface area (Å²) >= 11 is 5.90. The molecule has 1 N–H and O–H groups in total. The molecule has 4 aromatic rings. The molecule has 0 unspecified atom stereocenters. The van der Waals surface area contributed by atoms with Crippen LogP contribution in [0.25, 0.3) is 5.69 Å². The Morgan fingerprint density at radius 3 is 2.47 bits per heavy atom. The number of benzene rings is 2. The van der Waals surface area contributed by atoms with Crippen LogP contribution in [0.15, 0.2) is 66.9 Å². The van der Waals surface area contributed by atoms with E-state index in [2.05, 4.69) is 53.3 Å². The summed E-state index contributed by atoms with van der Waals surface area (Å²) in [5.74, 6) is 0.552. The lowest BCUT2D eigenvalue weighted by atomic mass is 9.96. The molecule has 2 aromatic carbocycles. The van der Waals surface area contributed by atoms with Gasteiger partial charge < -0.3 is 19.5 Å². The van der Waals surface area contributed by atoms with Crippen LogP contribution in [-0.2, 0) is 0 Å². The summed E-state index contributed by atoms with van der Waals surface area (Å²) in [5, 5.41) is 15.7. The molecule has 8 nitrogen and oxygen atoms in total. The molecule has 194 valence electrons. The highest BCUT2D eigenvalue weighted by Crippen LogP contribution is 2.44. The number of aromatic nitrogens is 2. The van der Waals surface area contributed by atoms with Crippen LogP contribution < -0.4 is 15.0 Å². The number of methoxy groups -OCH3 is 1. The number of thiocarbonyl (C=S) groups is 1. The highest BCUT2D eigenvalue weighted by molar-refractivity contribution is 7.80. The van der Waals surface area contributed by atoms with Gasteiger partial charge >= 0.3 is 0 Å². The second-order valence-electron chi connectivity index (χ2n) is 9.54. The third-order valence-corrected chi connectivity index (χ3v) is 7.58. The summed E-state index contributed by atoms with van der Waals surface area (Å²) < 4.78 is 7.62. The largest absolute Gasteiger partial charge is 0.495 e. The Kier molecular flexibility index (Phi) is 6.62. The molecular weight excluding hydrogens is 498 g/mol. The van der Waals surface area contributed by atoms with Crippen LogP contribution in [0.2, 0.25) is 0 Å². The van der Waals surface area contributed by atoms with E-state index in [4.69, 9.17) is 17.0 Å². The van der Waals surface area contributed by atoms with Crippen LogP contribution in [0.1, 0.15) is 45.9 Å². The maximum Gasteiger partial charge on any atom is 0.271 e. The number of nitro benzene ring substituents is 1. The predicted octanol–water partition coefficient (Wildman–Crippen LogP) is 6.20. The van der Waals surface area contributed by atoms with E-state index in [0.29, 0.717) is 16.5 Å². The van der Waals surface area contributed by atoms with Crippen molar-refractivity contribution >= 4 is 28.7 Å². The van der Waals surface area contributed by atoms with Crippen molar-refractivity contribution in [1.29, 1.82) is 0 Å². The summed E-state index contributed by atoms with van der Waals surface area (Å²) in [5.41, 5.74) is 7.78. The summed E-state index contributed by atoms with van der Waals surface area (Å²) in [6.45, 7) is 8.20. The Morgan fingerprint density at radius 2 is 1.82 bits per heavy atom. The van der Waals surface area contributed by atoms with Gasteiger partial charge in [0.15, 0.2) is 5.11 Å². The summed E-state index contributed by atoms with van der Waals surface area (Å²) in [6.07, 6.45) is 1.78. The van der Waals surface area contributed by atoms with Gasteiger partial charge in [-0.1, -0.05) is 12.1 Å². The summed E-state index contributed by atoms with van der Waals surface area (Å²) in [6, 6.07) is 18.6. The maximum atomic E-state index is 11.6. The van der Waals surface area contributed by atoms with Crippen molar-refractivity contribution in [2.45, 2.75) is 39.8 Å². The van der Waals surface area contributed by atoms with Gasteiger partial charge in [-0.2, -0.15) is 0 Å². The zero-order chi connectivity index (χ0) is 27.1. The lowest BCUT2D eigenvalue weighted by Gasteiger charge is -2.28. The molecule has 0 amide bonds. The van der Waals surface area contributed by atoms with Crippen LogP contribution in [0.3, 0.4) is 0 Å². The second-order valence-corrected chi connectivity index (χ2v) is 9.93. The van der Waals surface area contributed by atoms with E-state index in [0.717, 1.165) is 28.3 Å². The number of pyridine rings is 1. The number of ether oxygens (including phenoxy) is 1. The molecule has 2 aromatic heterocycles. The highest BCUT2D eigenvalue weighted by atomic mass is 32.1. The molecule has 0 aliphatic carbocycles. The fourth-order valence-corrected chi connectivity index (χ4v) is 5.59. The Bertz CT molecular complexity index is 1550. The Balaban J connectivity index is 1.71. The van der Waals surface area contributed by atoms with E-state index in [-0.39, 0.29) is 17.8 Å². The first kappa shape index (κ1) is 25.4. The standard InChI is InChI=1S/C29H29N5O3S/c1-17-9-10-21(14-18(17)2)33-28(27(31-29(33)38)24-8-6-7-13-30-24)23-15-19(3)32(20(23)4)25-16-22(34(35)36)11-12-26(25)37-5/h6-16,27-28H,1-5H3,(H,31,38)/t27-,28+/m1/s1. The minimum atomic E-state index is -0.393. The zero-order valence-electron chi connectivity index (χ0n) is 21.9. The van der Waals surface area contributed by atoms with E-state index >= 15 is 0 Å². The van der Waals surface area contributed by atoms with Gasteiger partial charge in [-0.3, -0.25) is 15.1 Å². The van der Waals surface area contributed by atoms with Crippen molar-refractivity contribution < 1.29 is 9.66 Å². The van der Waals surface area contributed by atoms with Gasteiger partial charge in [-0.25, -0.2) is 0 Å². The lowest BCUT2D eigenvalue weighted by Crippen LogP contribution is -2.29. The average molecular weight is 528 g/mol. The molecule has 2 atom stereocenters. The van der Waals surface area contributed by atoms with Crippen molar-refractivity contribution in [3.63, 3.8) is 0 Å². The Labute approximate surface area is 227 Å². The number of hydrogen-bond donors (Lipinski definition) is 1. The maximum absolute atomic E-state index is 11.6. The molecule has 1 aliphatic heterocycles. The fraction of sp³-hybridized carbons (Fsp3) is 0.241. The first-order chi connectivity index (χ1) is 18.2. The minimum absolute atomic E-state index is 0.00156. The van der Waals surface area contributed by atoms with Crippen LogP contribution in [0.5, 0.6) is 5.75 Å². The average Bonchev–Trinajstić information content (AvgIpc) is 3.40. The van der Waals surface area contributed by atoms with E-state index in [9.17, 15) is 10.1 Å². The van der Waals surface area contributed by atoms with Crippen molar-refractivity contribution in [2.75, 3.05) is 12.0 Å².